The van der Waals surface area contributed by atoms with Crippen LogP contribution in [0.3, 0.4) is 0 Å². The zero-order valence-electron chi connectivity index (χ0n) is 8.23. The molecule has 3 nitrogen and oxygen atoms in total. The Balaban J connectivity index is 2.02. The van der Waals surface area contributed by atoms with Gasteiger partial charge in [0.1, 0.15) is 0 Å². The fourth-order valence-electron chi connectivity index (χ4n) is 2.53. The van der Waals surface area contributed by atoms with Crippen LogP contribution in [0, 0.1) is 0 Å². The monoisotopic (exact) mass is 182 g/mol. The van der Waals surface area contributed by atoms with E-state index in [4.69, 9.17) is 0 Å². The minimum atomic E-state index is -0.00755. The predicted octanol–water partition coefficient (Wildman–Crippen LogP) is 0.797. The van der Waals surface area contributed by atoms with Crippen LogP contribution in [0.15, 0.2) is 0 Å². The number of hydrogen-bond acceptors (Lipinski definition) is 2. The maximum Gasteiger partial charge on any atom is 0.236 e. The largest absolute Gasteiger partial charge is 0.353 e. The van der Waals surface area contributed by atoms with Gasteiger partial charge in [0.2, 0.25) is 5.91 Å². The average molecular weight is 182 g/mol. The third-order valence-corrected chi connectivity index (χ3v) is 3.33. The normalized spacial score (nSPS) is 33.0. The van der Waals surface area contributed by atoms with Crippen LogP contribution >= 0.6 is 0 Å². The second kappa shape index (κ2) is 3.29. The lowest BCUT2D eigenvalue weighted by Gasteiger charge is -2.43. The van der Waals surface area contributed by atoms with Crippen LogP contribution in [0.1, 0.15) is 39.0 Å². The van der Waals surface area contributed by atoms with Gasteiger partial charge in [-0.25, -0.2) is 0 Å². The van der Waals surface area contributed by atoms with E-state index in [-0.39, 0.29) is 17.5 Å². The Morgan fingerprint density at radius 2 is 2.00 bits per heavy atom. The van der Waals surface area contributed by atoms with Gasteiger partial charge in [-0.2, -0.15) is 0 Å². The van der Waals surface area contributed by atoms with Crippen LogP contribution < -0.4 is 10.6 Å². The molecule has 3 heteroatoms. The molecule has 1 heterocycles. The molecule has 1 atom stereocenters. The number of carbonyl (C=O) groups is 1. The molecule has 0 radical (unpaired) electrons. The number of hydrogen-bond donors (Lipinski definition) is 2. The van der Waals surface area contributed by atoms with Gasteiger partial charge in [0.15, 0.2) is 0 Å². The van der Waals surface area contributed by atoms with Crippen molar-refractivity contribution in [1.82, 2.24) is 10.6 Å². The molecule has 74 valence electrons. The predicted molar refractivity (Wildman–Crippen MR) is 51.4 cm³/mol. The maximum atomic E-state index is 11.2. The molecular weight excluding hydrogens is 164 g/mol. The Hall–Kier alpha value is -0.570. The van der Waals surface area contributed by atoms with E-state index in [1.165, 1.54) is 32.1 Å². The molecule has 0 aromatic rings. The van der Waals surface area contributed by atoms with Crippen molar-refractivity contribution in [1.29, 1.82) is 0 Å². The highest BCUT2D eigenvalue weighted by molar-refractivity contribution is 5.82. The molecule has 1 aliphatic heterocycles. The Kier molecular flexibility index (Phi) is 2.28. The number of piperazine rings is 1. The van der Waals surface area contributed by atoms with Crippen molar-refractivity contribution < 1.29 is 4.79 Å². The quantitative estimate of drug-likeness (QED) is 0.581. The summed E-state index contributed by atoms with van der Waals surface area (Å²) in [4.78, 5) is 11.2. The highest BCUT2D eigenvalue weighted by atomic mass is 16.2. The van der Waals surface area contributed by atoms with Gasteiger partial charge in [0.05, 0.1) is 6.04 Å². The highest BCUT2D eigenvalue weighted by Gasteiger charge is 2.38. The summed E-state index contributed by atoms with van der Waals surface area (Å²) in [7, 11) is 0. The third-order valence-electron chi connectivity index (χ3n) is 3.33. The number of amides is 1. The van der Waals surface area contributed by atoms with E-state index < -0.39 is 0 Å². The molecule has 1 saturated carbocycles. The summed E-state index contributed by atoms with van der Waals surface area (Å²) in [6, 6.07) is -0.00755. The molecule has 0 aromatic heterocycles. The lowest BCUT2D eigenvalue weighted by molar-refractivity contribution is -0.126. The van der Waals surface area contributed by atoms with Gasteiger partial charge in [-0.05, 0) is 19.8 Å². The summed E-state index contributed by atoms with van der Waals surface area (Å²) >= 11 is 0. The first-order chi connectivity index (χ1) is 6.22. The SMILES string of the molecule is C[C@@H]1NC2(CCCCC2)CNC1=O. The molecule has 1 amide bonds. The summed E-state index contributed by atoms with van der Waals surface area (Å²) in [5, 5.41) is 6.46. The van der Waals surface area contributed by atoms with Crippen molar-refractivity contribution in [2.75, 3.05) is 6.54 Å². The standard InChI is InChI=1S/C10H18N2O/c1-8-9(13)11-7-10(12-8)5-3-2-4-6-10/h8,12H,2-7H2,1H3,(H,11,13)/t8-/m0/s1. The molecule has 13 heavy (non-hydrogen) atoms. The van der Waals surface area contributed by atoms with Crippen LogP contribution in [0.2, 0.25) is 0 Å². The lowest BCUT2D eigenvalue weighted by Crippen LogP contribution is -2.65. The van der Waals surface area contributed by atoms with Crippen molar-refractivity contribution in [2.45, 2.75) is 50.6 Å². The minimum Gasteiger partial charge on any atom is -0.353 e. The van der Waals surface area contributed by atoms with Gasteiger partial charge in [0.25, 0.3) is 0 Å². The van der Waals surface area contributed by atoms with Gasteiger partial charge in [-0.15, -0.1) is 0 Å². The van der Waals surface area contributed by atoms with Crippen molar-refractivity contribution in [3.05, 3.63) is 0 Å². The van der Waals surface area contributed by atoms with Crippen LogP contribution in [0.5, 0.6) is 0 Å². The molecule has 1 saturated heterocycles. The zero-order chi connectivity index (χ0) is 9.31. The first kappa shape index (κ1) is 9.00. The molecule has 2 rings (SSSR count). The Labute approximate surface area is 79.3 Å². The van der Waals surface area contributed by atoms with Crippen LogP contribution in [0.25, 0.3) is 0 Å². The van der Waals surface area contributed by atoms with Crippen molar-refractivity contribution >= 4 is 5.91 Å². The Morgan fingerprint density at radius 3 is 2.62 bits per heavy atom. The zero-order valence-corrected chi connectivity index (χ0v) is 8.23. The highest BCUT2D eigenvalue weighted by Crippen LogP contribution is 2.29. The average Bonchev–Trinajstić information content (AvgIpc) is 2.14. The molecule has 2 N–H and O–H groups in total. The number of rotatable bonds is 0. The van der Waals surface area contributed by atoms with Crippen molar-refractivity contribution in [3.63, 3.8) is 0 Å². The van der Waals surface area contributed by atoms with E-state index in [1.807, 2.05) is 6.92 Å². The van der Waals surface area contributed by atoms with E-state index in [0.717, 1.165) is 6.54 Å². The summed E-state index contributed by atoms with van der Waals surface area (Å²) in [6.07, 6.45) is 6.40. The number of nitrogens with one attached hydrogen (secondary N) is 2. The van der Waals surface area contributed by atoms with E-state index in [1.54, 1.807) is 0 Å². The van der Waals surface area contributed by atoms with Gasteiger partial charge < -0.3 is 5.32 Å². The summed E-state index contributed by atoms with van der Waals surface area (Å²) in [6.45, 7) is 2.78. The van der Waals surface area contributed by atoms with Crippen molar-refractivity contribution in [3.8, 4) is 0 Å². The van der Waals surface area contributed by atoms with Crippen LogP contribution in [-0.2, 0) is 4.79 Å². The van der Waals surface area contributed by atoms with E-state index in [2.05, 4.69) is 10.6 Å². The molecule has 0 aromatic carbocycles. The number of carbonyl (C=O) groups excluding carboxylic acids is 1. The van der Waals surface area contributed by atoms with Gasteiger partial charge in [-0.3, -0.25) is 10.1 Å². The first-order valence-electron chi connectivity index (χ1n) is 5.27. The molecule has 1 aliphatic carbocycles. The van der Waals surface area contributed by atoms with E-state index in [0.29, 0.717) is 0 Å². The second-order valence-electron chi connectivity index (χ2n) is 4.42. The Morgan fingerprint density at radius 1 is 1.31 bits per heavy atom. The Bertz CT molecular complexity index is 209. The van der Waals surface area contributed by atoms with Gasteiger partial charge in [0, 0.05) is 12.1 Å². The smallest absolute Gasteiger partial charge is 0.236 e. The molecular formula is C10H18N2O. The summed E-state index contributed by atoms with van der Waals surface area (Å²) in [5.41, 5.74) is 0.228. The van der Waals surface area contributed by atoms with Crippen molar-refractivity contribution in [2.24, 2.45) is 0 Å². The maximum absolute atomic E-state index is 11.2. The van der Waals surface area contributed by atoms with Gasteiger partial charge >= 0.3 is 0 Å². The molecule has 2 fully saturated rings. The van der Waals surface area contributed by atoms with Gasteiger partial charge in [-0.1, -0.05) is 19.3 Å². The fourth-order valence-corrected chi connectivity index (χ4v) is 2.53. The second-order valence-corrected chi connectivity index (χ2v) is 4.42. The lowest BCUT2D eigenvalue weighted by atomic mass is 9.80. The van der Waals surface area contributed by atoms with E-state index >= 15 is 0 Å². The topological polar surface area (TPSA) is 41.1 Å². The van der Waals surface area contributed by atoms with E-state index in [9.17, 15) is 4.79 Å². The molecule has 2 aliphatic rings. The molecule has 0 bridgehead atoms. The molecule has 1 spiro atoms. The third kappa shape index (κ3) is 1.70. The minimum absolute atomic E-state index is 0.00755. The summed E-state index contributed by atoms with van der Waals surface area (Å²) in [5.74, 6) is 0.149. The first-order valence-corrected chi connectivity index (χ1v) is 5.27. The fraction of sp³-hybridized carbons (Fsp3) is 0.900. The van der Waals surface area contributed by atoms with Crippen LogP contribution in [0.4, 0.5) is 0 Å². The van der Waals surface area contributed by atoms with Crippen LogP contribution in [-0.4, -0.2) is 24.0 Å². The molecule has 0 unspecified atom stereocenters. The summed E-state index contributed by atoms with van der Waals surface area (Å²) < 4.78 is 0.